The van der Waals surface area contributed by atoms with Gasteiger partial charge in [0, 0.05) is 26.5 Å². The molecule has 0 amide bonds. The van der Waals surface area contributed by atoms with Crippen LogP contribution in [0.4, 0.5) is 0 Å². The molecular weight excluding hydrogens is 322 g/mol. The molecule has 2 heterocycles. The fraction of sp³-hybridized carbons (Fsp3) is 0.500. The van der Waals surface area contributed by atoms with Crippen LogP contribution in [0.3, 0.4) is 0 Å². The first-order chi connectivity index (χ1) is 8.95. The van der Waals surface area contributed by atoms with Crippen LogP contribution in [0.1, 0.15) is 41.7 Å². The molecule has 0 saturated carbocycles. The average molecular weight is 342 g/mol. The lowest BCUT2D eigenvalue weighted by molar-refractivity contribution is 0.449. The molecule has 104 valence electrons. The Morgan fingerprint density at radius 3 is 2.58 bits per heavy atom. The Balaban J connectivity index is 2.51. The van der Waals surface area contributed by atoms with Crippen molar-refractivity contribution < 1.29 is 0 Å². The molecule has 0 aromatic carbocycles. The van der Waals surface area contributed by atoms with Crippen LogP contribution in [0.15, 0.2) is 15.9 Å². The van der Waals surface area contributed by atoms with E-state index in [1.807, 2.05) is 6.92 Å². The van der Waals surface area contributed by atoms with E-state index in [2.05, 4.69) is 52.8 Å². The Morgan fingerprint density at radius 1 is 1.47 bits per heavy atom. The summed E-state index contributed by atoms with van der Waals surface area (Å²) in [5.74, 6) is 0. The van der Waals surface area contributed by atoms with Gasteiger partial charge in [0.1, 0.15) is 6.04 Å². The second-order valence-corrected chi connectivity index (χ2v) is 6.78. The summed E-state index contributed by atoms with van der Waals surface area (Å²) in [4.78, 5) is 1.25. The van der Waals surface area contributed by atoms with Crippen molar-refractivity contribution in [1.29, 1.82) is 0 Å². The first kappa shape index (κ1) is 14.8. The molecule has 2 N–H and O–H groups in total. The van der Waals surface area contributed by atoms with E-state index in [0.717, 1.165) is 16.6 Å². The number of nitrogens with two attached hydrogens (primary N) is 1. The van der Waals surface area contributed by atoms with Crippen molar-refractivity contribution in [1.82, 2.24) is 9.78 Å². The maximum absolute atomic E-state index is 6.21. The van der Waals surface area contributed by atoms with Crippen LogP contribution in [-0.2, 0) is 6.42 Å². The summed E-state index contributed by atoms with van der Waals surface area (Å²) in [6, 6.07) is 2.27. The zero-order valence-electron chi connectivity index (χ0n) is 11.8. The topological polar surface area (TPSA) is 43.8 Å². The van der Waals surface area contributed by atoms with E-state index in [0.29, 0.717) is 0 Å². The van der Waals surface area contributed by atoms with Gasteiger partial charge in [0.05, 0.1) is 5.69 Å². The SMILES string of the molecule is CCc1c(C)nn(C(c2cc(Br)cs2)C(C)N)c1C. The van der Waals surface area contributed by atoms with Gasteiger partial charge in [-0.25, -0.2) is 0 Å². The Bertz CT molecular complexity index is 571. The van der Waals surface area contributed by atoms with Gasteiger partial charge in [-0.2, -0.15) is 5.10 Å². The lowest BCUT2D eigenvalue weighted by Gasteiger charge is -2.22. The van der Waals surface area contributed by atoms with Crippen molar-refractivity contribution in [2.45, 2.75) is 46.2 Å². The van der Waals surface area contributed by atoms with E-state index in [1.54, 1.807) is 11.3 Å². The first-order valence-corrected chi connectivity index (χ1v) is 8.17. The van der Waals surface area contributed by atoms with Gasteiger partial charge in [0.25, 0.3) is 0 Å². The predicted octanol–water partition coefficient (Wildman–Crippen LogP) is 3.82. The average Bonchev–Trinajstić information content (AvgIpc) is 2.85. The highest BCUT2D eigenvalue weighted by Gasteiger charge is 2.24. The molecule has 19 heavy (non-hydrogen) atoms. The highest BCUT2D eigenvalue weighted by atomic mass is 79.9. The fourth-order valence-corrected chi connectivity index (χ4v) is 4.21. The third-order valence-corrected chi connectivity index (χ3v) is 5.23. The number of aromatic nitrogens is 2. The standard InChI is InChI=1S/C14H20BrN3S/c1-5-12-9(3)17-18(10(12)4)14(8(2)16)13-6-11(15)7-19-13/h6-8,14H,5,16H2,1-4H3. The molecule has 2 unspecified atom stereocenters. The molecule has 2 rings (SSSR count). The zero-order valence-corrected chi connectivity index (χ0v) is 14.2. The Kier molecular flexibility index (Phi) is 4.48. The third-order valence-electron chi connectivity index (χ3n) is 3.47. The molecule has 3 nitrogen and oxygen atoms in total. The number of hydrogen-bond acceptors (Lipinski definition) is 3. The minimum absolute atomic E-state index is 0.0215. The van der Waals surface area contributed by atoms with Gasteiger partial charge in [-0.3, -0.25) is 4.68 Å². The molecule has 2 aromatic heterocycles. The minimum Gasteiger partial charge on any atom is -0.326 e. The number of rotatable bonds is 4. The Labute approximate surface area is 126 Å². The summed E-state index contributed by atoms with van der Waals surface area (Å²) >= 11 is 5.24. The second-order valence-electron chi connectivity index (χ2n) is 4.92. The van der Waals surface area contributed by atoms with Crippen LogP contribution in [0.25, 0.3) is 0 Å². The highest BCUT2D eigenvalue weighted by molar-refractivity contribution is 9.10. The summed E-state index contributed by atoms with van der Waals surface area (Å²) in [5, 5.41) is 6.81. The highest BCUT2D eigenvalue weighted by Crippen LogP contribution is 2.31. The summed E-state index contributed by atoms with van der Waals surface area (Å²) in [6.07, 6.45) is 1.01. The molecule has 0 fully saturated rings. The van der Waals surface area contributed by atoms with Crippen LogP contribution in [0.5, 0.6) is 0 Å². The Hall–Kier alpha value is -0.650. The van der Waals surface area contributed by atoms with Gasteiger partial charge in [-0.15, -0.1) is 11.3 Å². The van der Waals surface area contributed by atoms with E-state index in [1.165, 1.54) is 16.1 Å². The van der Waals surface area contributed by atoms with Gasteiger partial charge in [0.2, 0.25) is 0 Å². The molecule has 2 aromatic rings. The molecule has 0 aliphatic rings. The van der Waals surface area contributed by atoms with Crippen molar-refractivity contribution >= 4 is 27.3 Å². The number of halogens is 1. The maximum Gasteiger partial charge on any atom is 0.101 e. The van der Waals surface area contributed by atoms with Crippen molar-refractivity contribution in [3.63, 3.8) is 0 Å². The van der Waals surface area contributed by atoms with E-state index in [-0.39, 0.29) is 12.1 Å². The quantitative estimate of drug-likeness (QED) is 0.918. The molecule has 0 aliphatic heterocycles. The van der Waals surface area contributed by atoms with Crippen molar-refractivity contribution in [2.24, 2.45) is 5.73 Å². The van der Waals surface area contributed by atoms with Crippen LogP contribution in [0, 0.1) is 13.8 Å². The van der Waals surface area contributed by atoms with Gasteiger partial charge < -0.3 is 5.73 Å². The van der Waals surface area contributed by atoms with E-state index in [9.17, 15) is 0 Å². The molecule has 2 atom stereocenters. The molecule has 5 heteroatoms. The summed E-state index contributed by atoms with van der Waals surface area (Å²) < 4.78 is 3.20. The fourth-order valence-electron chi connectivity index (χ4n) is 2.57. The molecule has 0 aliphatic carbocycles. The van der Waals surface area contributed by atoms with Gasteiger partial charge >= 0.3 is 0 Å². The smallest absolute Gasteiger partial charge is 0.101 e. The second kappa shape index (κ2) is 5.77. The third kappa shape index (κ3) is 2.78. The molecular formula is C14H20BrN3S. The van der Waals surface area contributed by atoms with Crippen molar-refractivity contribution in [3.05, 3.63) is 37.7 Å². The van der Waals surface area contributed by atoms with Crippen molar-refractivity contribution in [2.75, 3.05) is 0 Å². The monoisotopic (exact) mass is 341 g/mol. The van der Waals surface area contributed by atoms with Crippen LogP contribution < -0.4 is 5.73 Å². The van der Waals surface area contributed by atoms with Gasteiger partial charge in [-0.05, 0) is 54.8 Å². The number of nitrogens with zero attached hydrogens (tertiary/aromatic N) is 2. The van der Waals surface area contributed by atoms with Gasteiger partial charge in [-0.1, -0.05) is 6.92 Å². The van der Waals surface area contributed by atoms with Crippen LogP contribution in [-0.4, -0.2) is 15.8 Å². The van der Waals surface area contributed by atoms with Crippen LogP contribution >= 0.6 is 27.3 Å². The first-order valence-electron chi connectivity index (χ1n) is 6.49. The summed E-state index contributed by atoms with van der Waals surface area (Å²) in [6.45, 7) is 8.42. The summed E-state index contributed by atoms with van der Waals surface area (Å²) in [5.41, 5.74) is 9.89. The van der Waals surface area contributed by atoms with Crippen molar-refractivity contribution in [3.8, 4) is 0 Å². The zero-order chi connectivity index (χ0) is 14.2. The minimum atomic E-state index is 0.0215. The number of hydrogen-bond donors (Lipinski definition) is 1. The molecule has 0 radical (unpaired) electrons. The largest absolute Gasteiger partial charge is 0.326 e. The number of thiophene rings is 1. The lowest BCUT2D eigenvalue weighted by atomic mass is 10.1. The van der Waals surface area contributed by atoms with E-state index < -0.39 is 0 Å². The summed E-state index contributed by atoms with van der Waals surface area (Å²) in [7, 11) is 0. The van der Waals surface area contributed by atoms with Gasteiger partial charge in [0.15, 0.2) is 0 Å². The Morgan fingerprint density at radius 2 is 2.16 bits per heavy atom. The van der Waals surface area contributed by atoms with Crippen LogP contribution in [0.2, 0.25) is 0 Å². The molecule has 0 saturated heterocycles. The lowest BCUT2D eigenvalue weighted by Crippen LogP contribution is -2.31. The predicted molar refractivity (Wildman–Crippen MR) is 84.9 cm³/mol. The van der Waals surface area contributed by atoms with E-state index in [4.69, 9.17) is 10.8 Å². The normalized spacial score (nSPS) is 14.6. The maximum atomic E-state index is 6.21. The molecule has 0 spiro atoms. The molecule has 0 bridgehead atoms. The van der Waals surface area contributed by atoms with E-state index >= 15 is 0 Å². The number of aryl methyl sites for hydroxylation is 1.